The van der Waals surface area contributed by atoms with Crippen LogP contribution in [0.25, 0.3) is 5.70 Å². The predicted octanol–water partition coefficient (Wildman–Crippen LogP) is 6.19. The molecule has 1 aromatic carbocycles. The Kier molecular flexibility index (Phi) is 6.79. The van der Waals surface area contributed by atoms with Gasteiger partial charge in [-0.15, -0.1) is 0 Å². The van der Waals surface area contributed by atoms with Gasteiger partial charge in [-0.1, -0.05) is 36.4 Å². The zero-order valence-electron chi connectivity index (χ0n) is 16.9. The first kappa shape index (κ1) is 20.0. The van der Waals surface area contributed by atoms with Crippen molar-refractivity contribution in [3.63, 3.8) is 0 Å². The first-order valence-corrected chi connectivity index (χ1v) is 9.41. The quantitative estimate of drug-likeness (QED) is 0.328. The molecule has 0 heterocycles. The predicted molar refractivity (Wildman–Crippen MR) is 115 cm³/mol. The molecule has 138 valence electrons. The molecule has 1 aromatic rings. The van der Waals surface area contributed by atoms with Crippen molar-refractivity contribution in [1.29, 1.82) is 5.41 Å². The summed E-state index contributed by atoms with van der Waals surface area (Å²) in [7, 11) is 0. The summed E-state index contributed by atoms with van der Waals surface area (Å²) in [6.45, 7) is 14.6. The lowest BCUT2D eigenvalue weighted by Crippen LogP contribution is -2.26. The molecule has 0 aliphatic heterocycles. The molecule has 1 unspecified atom stereocenters. The van der Waals surface area contributed by atoms with E-state index in [0.717, 1.165) is 12.1 Å². The summed E-state index contributed by atoms with van der Waals surface area (Å²) < 4.78 is 0. The Morgan fingerprint density at radius 1 is 1.15 bits per heavy atom. The largest absolute Gasteiger partial charge is 0.378 e. The molecule has 0 saturated heterocycles. The van der Waals surface area contributed by atoms with Gasteiger partial charge in [-0.25, -0.2) is 0 Å². The van der Waals surface area contributed by atoms with Crippen LogP contribution in [-0.2, 0) is 0 Å². The molecule has 1 aliphatic rings. The van der Waals surface area contributed by atoms with Crippen LogP contribution in [0.4, 0.5) is 0 Å². The van der Waals surface area contributed by atoms with E-state index in [0.29, 0.717) is 5.71 Å². The molecule has 2 nitrogen and oxygen atoms in total. The second kappa shape index (κ2) is 8.84. The zero-order chi connectivity index (χ0) is 19.3. The minimum absolute atomic E-state index is 0.225. The summed E-state index contributed by atoms with van der Waals surface area (Å²) in [6.07, 6.45) is 11.7. The monoisotopic (exact) mass is 348 g/mol. The fraction of sp³-hybridized carbons (Fsp3) is 0.375. The minimum atomic E-state index is 0.225. The lowest BCUT2D eigenvalue weighted by Gasteiger charge is -2.21. The smallest absolute Gasteiger partial charge is 0.0487 e. The lowest BCUT2D eigenvalue weighted by atomic mass is 9.98. The summed E-state index contributed by atoms with van der Waals surface area (Å²) in [5, 5.41) is 11.2. The van der Waals surface area contributed by atoms with Crippen LogP contribution in [0.5, 0.6) is 0 Å². The maximum atomic E-state index is 7.60. The molecule has 2 N–H and O–H groups in total. The number of benzene rings is 1. The van der Waals surface area contributed by atoms with Gasteiger partial charge in [-0.3, -0.25) is 0 Å². The third kappa shape index (κ3) is 5.87. The van der Waals surface area contributed by atoms with Crippen molar-refractivity contribution < 1.29 is 0 Å². The molecule has 1 fully saturated rings. The van der Waals surface area contributed by atoms with Gasteiger partial charge >= 0.3 is 0 Å². The van der Waals surface area contributed by atoms with Gasteiger partial charge < -0.3 is 10.7 Å². The van der Waals surface area contributed by atoms with Crippen molar-refractivity contribution in [2.75, 3.05) is 0 Å². The van der Waals surface area contributed by atoms with Gasteiger partial charge in [-0.2, -0.15) is 0 Å². The second-order valence-corrected chi connectivity index (χ2v) is 7.39. The van der Waals surface area contributed by atoms with Crippen LogP contribution in [0.15, 0.2) is 54.2 Å². The minimum Gasteiger partial charge on any atom is -0.378 e. The summed E-state index contributed by atoms with van der Waals surface area (Å²) in [5.74, 6) is 0. The van der Waals surface area contributed by atoms with E-state index in [-0.39, 0.29) is 6.04 Å². The van der Waals surface area contributed by atoms with Crippen molar-refractivity contribution in [1.82, 2.24) is 5.32 Å². The first-order chi connectivity index (χ1) is 12.3. The van der Waals surface area contributed by atoms with E-state index >= 15 is 0 Å². The van der Waals surface area contributed by atoms with E-state index in [1.165, 1.54) is 46.2 Å². The summed E-state index contributed by atoms with van der Waals surface area (Å²) in [6, 6.07) is 4.69. The molecule has 1 aliphatic carbocycles. The molecular weight excluding hydrogens is 316 g/mol. The summed E-state index contributed by atoms with van der Waals surface area (Å²) in [5.41, 5.74) is 9.38. The lowest BCUT2D eigenvalue weighted by molar-refractivity contribution is 0.709. The molecule has 0 radical (unpaired) electrons. The average Bonchev–Trinajstić information content (AvgIpc) is 3.38. The molecule has 1 atom stereocenters. The summed E-state index contributed by atoms with van der Waals surface area (Å²) in [4.78, 5) is 0. The van der Waals surface area contributed by atoms with Crippen LogP contribution in [0, 0.1) is 26.2 Å². The van der Waals surface area contributed by atoms with Gasteiger partial charge in [0.05, 0.1) is 0 Å². The van der Waals surface area contributed by atoms with E-state index in [1.54, 1.807) is 6.92 Å². The van der Waals surface area contributed by atoms with Crippen molar-refractivity contribution in [2.45, 2.75) is 59.9 Å². The van der Waals surface area contributed by atoms with Gasteiger partial charge in [0.15, 0.2) is 0 Å². The van der Waals surface area contributed by atoms with Crippen LogP contribution in [0.2, 0.25) is 0 Å². The number of aryl methyl sites for hydroxylation is 3. The summed E-state index contributed by atoms with van der Waals surface area (Å²) >= 11 is 0. The van der Waals surface area contributed by atoms with Crippen molar-refractivity contribution in [3.05, 3.63) is 76.4 Å². The van der Waals surface area contributed by atoms with Crippen LogP contribution in [0.3, 0.4) is 0 Å². The van der Waals surface area contributed by atoms with Crippen molar-refractivity contribution >= 4 is 11.4 Å². The Hall–Kier alpha value is -2.35. The van der Waals surface area contributed by atoms with Gasteiger partial charge in [0.25, 0.3) is 0 Å². The van der Waals surface area contributed by atoms with Gasteiger partial charge in [0, 0.05) is 23.0 Å². The van der Waals surface area contributed by atoms with Crippen LogP contribution >= 0.6 is 0 Å². The van der Waals surface area contributed by atoms with Crippen molar-refractivity contribution in [3.8, 4) is 0 Å². The highest BCUT2D eigenvalue weighted by atomic mass is 14.9. The standard InChI is InChI=1S/C24H32N2/c1-7-21(9-8-19(5)25)14-23(15-22-10-11-22)26-20(6)24-13-17(3)16(2)12-18(24)4/h7-9,12-13,15,23,25-26H,6,10-11,14H2,1-5H3/b9-8-,21-7+,25-19?. The first-order valence-electron chi connectivity index (χ1n) is 9.41. The molecule has 2 rings (SSSR count). The molecule has 0 spiro atoms. The second-order valence-electron chi connectivity index (χ2n) is 7.39. The highest BCUT2D eigenvalue weighted by Crippen LogP contribution is 2.30. The fourth-order valence-corrected chi connectivity index (χ4v) is 3.03. The topological polar surface area (TPSA) is 35.9 Å². The molecule has 0 amide bonds. The third-order valence-electron chi connectivity index (χ3n) is 4.87. The molecular formula is C24H32N2. The van der Waals surface area contributed by atoms with Gasteiger partial charge in [0.2, 0.25) is 0 Å². The molecule has 26 heavy (non-hydrogen) atoms. The Labute approximate surface area is 158 Å². The van der Waals surface area contributed by atoms with Crippen LogP contribution < -0.4 is 5.32 Å². The van der Waals surface area contributed by atoms with Crippen molar-refractivity contribution in [2.24, 2.45) is 0 Å². The molecule has 0 bridgehead atoms. The number of rotatable bonds is 8. The maximum Gasteiger partial charge on any atom is 0.0487 e. The number of allylic oxidation sites excluding steroid dienone is 4. The molecule has 2 heteroatoms. The van der Waals surface area contributed by atoms with E-state index in [9.17, 15) is 0 Å². The Morgan fingerprint density at radius 2 is 1.81 bits per heavy atom. The van der Waals surface area contributed by atoms with Crippen LogP contribution in [0.1, 0.15) is 55.4 Å². The maximum absolute atomic E-state index is 7.60. The van der Waals surface area contributed by atoms with E-state index < -0.39 is 0 Å². The fourth-order valence-electron chi connectivity index (χ4n) is 3.03. The van der Waals surface area contributed by atoms with Crippen LogP contribution in [-0.4, -0.2) is 11.8 Å². The SMILES string of the molecule is C=C(NC(C=C1CC1)CC(/C=C\C(C)=N)=C/C)c1cc(C)c(C)cc1C. The van der Waals surface area contributed by atoms with Gasteiger partial charge in [0.1, 0.15) is 0 Å². The highest BCUT2D eigenvalue weighted by Gasteiger charge is 2.17. The number of hydrogen-bond donors (Lipinski definition) is 2. The Balaban J connectivity index is 2.18. The zero-order valence-corrected chi connectivity index (χ0v) is 16.9. The Morgan fingerprint density at radius 3 is 2.38 bits per heavy atom. The number of hydrogen-bond acceptors (Lipinski definition) is 2. The van der Waals surface area contributed by atoms with E-state index in [2.05, 4.69) is 63.9 Å². The number of nitrogens with one attached hydrogen (secondary N) is 2. The van der Waals surface area contributed by atoms with E-state index in [1.807, 2.05) is 12.2 Å². The normalized spacial score (nSPS) is 15.1. The third-order valence-corrected chi connectivity index (χ3v) is 4.87. The Bertz CT molecular complexity index is 785. The van der Waals surface area contributed by atoms with E-state index in [4.69, 9.17) is 5.41 Å². The molecule has 0 aromatic heterocycles. The average molecular weight is 349 g/mol. The van der Waals surface area contributed by atoms with Gasteiger partial charge in [-0.05, 0) is 88.3 Å². The molecule has 1 saturated carbocycles. The highest BCUT2D eigenvalue weighted by molar-refractivity contribution is 5.90.